The van der Waals surface area contributed by atoms with E-state index < -0.39 is 6.04 Å². The molecule has 2 N–H and O–H groups in total. The molecule has 1 amide bonds. The number of furan rings is 1. The molecule has 2 aliphatic rings. The molecule has 2 aromatic carbocycles. The third-order valence-corrected chi connectivity index (χ3v) is 6.93. The van der Waals surface area contributed by atoms with Gasteiger partial charge in [-0.2, -0.15) is 0 Å². The van der Waals surface area contributed by atoms with E-state index in [1.165, 1.54) is 5.56 Å². The lowest BCUT2D eigenvalue weighted by molar-refractivity contribution is -0.119. The van der Waals surface area contributed by atoms with Crippen LogP contribution in [0.2, 0.25) is 0 Å². The van der Waals surface area contributed by atoms with Gasteiger partial charge < -0.3 is 14.1 Å². The van der Waals surface area contributed by atoms with Crippen molar-refractivity contribution in [3.8, 4) is 0 Å². The lowest BCUT2D eigenvalue weighted by Crippen LogP contribution is -2.41. The van der Waals surface area contributed by atoms with Gasteiger partial charge in [0.2, 0.25) is 5.91 Å². The number of fused-ring (bicyclic) bond motifs is 1. The normalized spacial score (nSPS) is 24.0. The molecular weight excluding hydrogens is 442 g/mol. The summed E-state index contributed by atoms with van der Waals surface area (Å²) < 4.78 is 10.8. The minimum absolute atomic E-state index is 0.0228. The zero-order valence-corrected chi connectivity index (χ0v) is 20.4. The first kappa shape index (κ1) is 23.3. The van der Waals surface area contributed by atoms with Crippen LogP contribution in [0.5, 0.6) is 0 Å². The number of esters is 1. The predicted octanol–water partition coefficient (Wildman–Crippen LogP) is 4.68. The van der Waals surface area contributed by atoms with Gasteiger partial charge >= 0.3 is 5.97 Å². The molecule has 182 valence electrons. The van der Waals surface area contributed by atoms with Crippen molar-refractivity contribution in [1.82, 2.24) is 10.9 Å². The number of amides is 1. The molecule has 2 aliphatic heterocycles. The van der Waals surface area contributed by atoms with E-state index in [0.717, 1.165) is 17.0 Å². The number of nitrogens with one attached hydrogen (secondary N) is 2. The molecule has 3 heterocycles. The zero-order valence-electron chi connectivity index (χ0n) is 20.4. The molecule has 0 saturated carbocycles. The van der Waals surface area contributed by atoms with Crippen LogP contribution in [0.25, 0.3) is 0 Å². The number of carbonyl (C=O) groups is 2. The average molecular weight is 474 g/mol. The number of benzene rings is 2. The molecule has 2 fully saturated rings. The molecule has 0 spiro atoms. The number of ether oxygens (including phenoxy) is 1. The topological polar surface area (TPSA) is 83.8 Å². The maximum Gasteiger partial charge on any atom is 0.338 e. The number of hydrazine groups is 1. The van der Waals surface area contributed by atoms with Crippen molar-refractivity contribution in [3.05, 3.63) is 89.4 Å². The van der Waals surface area contributed by atoms with Gasteiger partial charge in [0.1, 0.15) is 11.8 Å². The highest BCUT2D eigenvalue weighted by Gasteiger charge is 2.56. The first-order valence-corrected chi connectivity index (χ1v) is 12.0. The highest BCUT2D eigenvalue weighted by molar-refractivity contribution is 6.02. The smallest absolute Gasteiger partial charge is 0.338 e. The second-order valence-electron chi connectivity index (χ2n) is 10.1. The minimum atomic E-state index is -0.415. The Bertz CT molecular complexity index is 1200. The van der Waals surface area contributed by atoms with E-state index in [1.807, 2.05) is 29.2 Å². The van der Waals surface area contributed by atoms with Crippen molar-refractivity contribution in [1.29, 1.82) is 0 Å². The molecule has 7 heteroatoms. The van der Waals surface area contributed by atoms with Gasteiger partial charge in [-0.05, 0) is 59.9 Å². The Morgan fingerprint density at radius 3 is 2.29 bits per heavy atom. The van der Waals surface area contributed by atoms with Crippen molar-refractivity contribution in [2.75, 3.05) is 11.5 Å². The van der Waals surface area contributed by atoms with Gasteiger partial charge in [0.25, 0.3) is 0 Å². The van der Waals surface area contributed by atoms with Crippen LogP contribution in [-0.4, -0.2) is 24.5 Å². The summed E-state index contributed by atoms with van der Waals surface area (Å²) >= 11 is 0. The largest absolute Gasteiger partial charge is 0.468 e. The van der Waals surface area contributed by atoms with Gasteiger partial charge in [-0.3, -0.25) is 4.79 Å². The maximum absolute atomic E-state index is 13.7. The van der Waals surface area contributed by atoms with Crippen molar-refractivity contribution in [2.24, 2.45) is 5.92 Å². The van der Waals surface area contributed by atoms with E-state index in [2.05, 4.69) is 55.9 Å². The SMILES string of the molecule is CCOC(=O)c1ccc(N2C(=O)C3NNC(c4ccco4)C3C2c2ccc(C(C)(C)C)cc2)cc1. The zero-order chi connectivity index (χ0) is 24.7. The number of carbonyl (C=O) groups excluding carboxylic acids is 2. The quantitative estimate of drug-likeness (QED) is 0.524. The molecule has 4 atom stereocenters. The summed E-state index contributed by atoms with van der Waals surface area (Å²) in [4.78, 5) is 27.7. The van der Waals surface area contributed by atoms with E-state index in [-0.39, 0.29) is 35.3 Å². The van der Waals surface area contributed by atoms with E-state index in [4.69, 9.17) is 9.15 Å². The van der Waals surface area contributed by atoms with Crippen LogP contribution in [0.15, 0.2) is 71.3 Å². The summed E-state index contributed by atoms with van der Waals surface area (Å²) in [5.41, 5.74) is 10.0. The number of hydrogen-bond acceptors (Lipinski definition) is 6. The maximum atomic E-state index is 13.7. The van der Waals surface area contributed by atoms with Crippen LogP contribution in [0.3, 0.4) is 0 Å². The van der Waals surface area contributed by atoms with Gasteiger partial charge in [0.05, 0.1) is 30.5 Å². The molecule has 0 aliphatic carbocycles. The van der Waals surface area contributed by atoms with Crippen molar-refractivity contribution >= 4 is 17.6 Å². The number of hydrogen-bond donors (Lipinski definition) is 2. The Balaban J connectivity index is 1.56. The standard InChI is InChI=1S/C28H31N3O4/c1-5-34-27(33)18-10-14-20(15-11-18)31-25(17-8-12-19(13-9-17)28(2,3)4)22-23(21-7-6-16-35-21)29-30-24(22)26(31)32/h6-16,22-25,29-30H,5H2,1-4H3. The monoisotopic (exact) mass is 473 g/mol. The fraction of sp³-hybridized carbons (Fsp3) is 0.357. The number of anilines is 1. The van der Waals surface area contributed by atoms with Gasteiger partial charge in [-0.15, -0.1) is 0 Å². The summed E-state index contributed by atoms with van der Waals surface area (Å²) in [6, 6.07) is 18.6. The average Bonchev–Trinajstić information content (AvgIpc) is 3.57. The van der Waals surface area contributed by atoms with Crippen LogP contribution in [0, 0.1) is 5.92 Å². The molecule has 1 aromatic heterocycles. The van der Waals surface area contributed by atoms with Gasteiger partial charge in [0, 0.05) is 11.6 Å². The molecule has 5 rings (SSSR count). The summed E-state index contributed by atoms with van der Waals surface area (Å²) in [5, 5.41) is 0. The molecule has 35 heavy (non-hydrogen) atoms. The highest BCUT2D eigenvalue weighted by Crippen LogP contribution is 2.49. The molecular formula is C28H31N3O4. The van der Waals surface area contributed by atoms with Gasteiger partial charge in [0.15, 0.2) is 0 Å². The van der Waals surface area contributed by atoms with E-state index in [9.17, 15) is 9.59 Å². The summed E-state index contributed by atoms with van der Waals surface area (Å²) in [6.45, 7) is 8.65. The number of nitrogens with zero attached hydrogens (tertiary/aromatic N) is 1. The lowest BCUT2D eigenvalue weighted by atomic mass is 9.82. The van der Waals surface area contributed by atoms with Crippen LogP contribution >= 0.6 is 0 Å². The minimum Gasteiger partial charge on any atom is -0.468 e. The van der Waals surface area contributed by atoms with E-state index in [0.29, 0.717) is 12.2 Å². The predicted molar refractivity (Wildman–Crippen MR) is 133 cm³/mol. The summed E-state index contributed by atoms with van der Waals surface area (Å²) in [7, 11) is 0. The Morgan fingerprint density at radius 1 is 1.00 bits per heavy atom. The number of rotatable bonds is 5. The highest BCUT2D eigenvalue weighted by atomic mass is 16.5. The van der Waals surface area contributed by atoms with Crippen molar-refractivity contribution < 1.29 is 18.7 Å². The van der Waals surface area contributed by atoms with Crippen LogP contribution < -0.4 is 15.8 Å². The fourth-order valence-corrected chi connectivity index (χ4v) is 5.16. The van der Waals surface area contributed by atoms with Gasteiger partial charge in [-0.1, -0.05) is 45.0 Å². The van der Waals surface area contributed by atoms with E-state index in [1.54, 1.807) is 25.3 Å². The van der Waals surface area contributed by atoms with Crippen LogP contribution in [0.1, 0.15) is 67.0 Å². The summed E-state index contributed by atoms with van der Waals surface area (Å²) in [5.74, 6) is 0.291. The Kier molecular flexibility index (Phi) is 5.99. The second kappa shape index (κ2) is 8.98. The third-order valence-electron chi connectivity index (χ3n) is 6.93. The van der Waals surface area contributed by atoms with Crippen molar-refractivity contribution in [2.45, 2.75) is 51.2 Å². The molecule has 3 aromatic rings. The lowest BCUT2D eigenvalue weighted by Gasteiger charge is -2.31. The Labute approximate surface area is 205 Å². The third kappa shape index (κ3) is 4.15. The first-order valence-electron chi connectivity index (χ1n) is 12.0. The second-order valence-corrected chi connectivity index (χ2v) is 10.1. The first-order chi connectivity index (χ1) is 16.8. The molecule has 0 radical (unpaired) electrons. The molecule has 2 saturated heterocycles. The Hall–Kier alpha value is -3.42. The van der Waals surface area contributed by atoms with Crippen LogP contribution in [0.4, 0.5) is 5.69 Å². The molecule has 4 unspecified atom stereocenters. The van der Waals surface area contributed by atoms with Crippen molar-refractivity contribution in [3.63, 3.8) is 0 Å². The Morgan fingerprint density at radius 2 is 1.69 bits per heavy atom. The van der Waals surface area contributed by atoms with Crippen LogP contribution in [-0.2, 0) is 14.9 Å². The molecule has 7 nitrogen and oxygen atoms in total. The molecule has 0 bridgehead atoms. The van der Waals surface area contributed by atoms with Gasteiger partial charge in [-0.25, -0.2) is 15.6 Å². The fourth-order valence-electron chi connectivity index (χ4n) is 5.16. The summed E-state index contributed by atoms with van der Waals surface area (Å²) in [6.07, 6.45) is 1.65. The van der Waals surface area contributed by atoms with E-state index >= 15 is 0 Å².